The van der Waals surface area contributed by atoms with Crippen LogP contribution in [-0.4, -0.2) is 18.6 Å². The number of nitrogens with zero attached hydrogens (tertiary/aromatic N) is 1. The zero-order valence-corrected chi connectivity index (χ0v) is 10.2. The van der Waals surface area contributed by atoms with Gasteiger partial charge in [-0.3, -0.25) is 9.69 Å². The summed E-state index contributed by atoms with van der Waals surface area (Å²) in [7, 11) is 0. The van der Waals surface area contributed by atoms with Crippen LogP contribution in [0, 0.1) is 5.82 Å². The molecule has 0 atom stereocenters. The molecule has 0 bridgehead atoms. The van der Waals surface area contributed by atoms with E-state index in [4.69, 9.17) is 5.73 Å². The number of anilines is 1. The van der Waals surface area contributed by atoms with Crippen molar-refractivity contribution >= 4 is 29.9 Å². The van der Waals surface area contributed by atoms with Crippen molar-refractivity contribution < 1.29 is 22.4 Å². The van der Waals surface area contributed by atoms with E-state index in [0.29, 0.717) is 4.90 Å². The lowest BCUT2D eigenvalue weighted by Gasteiger charge is -2.30. The summed E-state index contributed by atoms with van der Waals surface area (Å²) in [6, 6.07) is 3.02. The first-order valence-electron chi connectivity index (χ1n) is 5.08. The van der Waals surface area contributed by atoms with E-state index in [-0.39, 0.29) is 21.9 Å². The average molecular weight is 292 g/mol. The van der Waals surface area contributed by atoms with Gasteiger partial charge < -0.3 is 5.73 Å². The predicted molar refractivity (Wildman–Crippen MR) is 64.9 cm³/mol. The van der Waals surface area contributed by atoms with Crippen molar-refractivity contribution in [1.82, 2.24) is 0 Å². The van der Waals surface area contributed by atoms with Crippen molar-refractivity contribution in [2.45, 2.75) is 6.18 Å². The molecule has 1 aromatic rings. The van der Waals surface area contributed by atoms with Crippen LogP contribution in [0.4, 0.5) is 23.2 Å². The number of rotatable bonds is 0. The molecule has 1 aliphatic rings. The maximum atomic E-state index is 13.1. The molecule has 0 radical (unpaired) electrons. The molecule has 8 heteroatoms. The van der Waals surface area contributed by atoms with Crippen molar-refractivity contribution in [1.29, 1.82) is 0 Å². The predicted octanol–water partition coefficient (Wildman–Crippen LogP) is 2.29. The van der Waals surface area contributed by atoms with E-state index in [9.17, 15) is 22.4 Å². The molecule has 2 N–H and O–H groups in total. The molecule has 0 aromatic heterocycles. The number of hydrogen-bond donors (Lipinski definition) is 2. The van der Waals surface area contributed by atoms with Crippen LogP contribution in [0.5, 0.6) is 0 Å². The van der Waals surface area contributed by atoms with Gasteiger partial charge in [0, 0.05) is 10.5 Å². The van der Waals surface area contributed by atoms with E-state index in [1.807, 2.05) is 0 Å². The minimum absolute atomic E-state index is 0.0221. The second kappa shape index (κ2) is 4.44. The molecule has 0 unspecified atom stereocenters. The normalized spacial score (nSPS) is 15.5. The van der Waals surface area contributed by atoms with Gasteiger partial charge in [0.1, 0.15) is 5.82 Å². The number of nitrogens with two attached hydrogens (primary N) is 1. The van der Waals surface area contributed by atoms with Crippen molar-refractivity contribution in [3.63, 3.8) is 0 Å². The Hall–Kier alpha value is -1.70. The van der Waals surface area contributed by atoms with Crippen LogP contribution in [-0.2, 0) is 4.79 Å². The first-order valence-corrected chi connectivity index (χ1v) is 5.52. The lowest BCUT2D eigenvalue weighted by Crippen LogP contribution is -2.44. The second-order valence-corrected chi connectivity index (χ2v) is 4.45. The molecule has 0 aliphatic carbocycles. The molecule has 3 nitrogen and oxygen atoms in total. The molecule has 2 rings (SSSR count). The minimum atomic E-state index is -5.02. The third kappa shape index (κ3) is 2.40. The van der Waals surface area contributed by atoms with E-state index in [0.717, 1.165) is 18.2 Å². The van der Waals surface area contributed by atoms with Gasteiger partial charge in [-0.15, -0.1) is 12.6 Å². The molecule has 0 spiro atoms. The lowest BCUT2D eigenvalue weighted by molar-refractivity contribution is -0.170. The van der Waals surface area contributed by atoms with Crippen LogP contribution in [0.3, 0.4) is 0 Å². The van der Waals surface area contributed by atoms with Gasteiger partial charge in [0.25, 0.3) is 0 Å². The highest BCUT2D eigenvalue weighted by Gasteiger charge is 2.44. The van der Waals surface area contributed by atoms with Gasteiger partial charge in [-0.05, 0) is 18.2 Å². The summed E-state index contributed by atoms with van der Waals surface area (Å²) >= 11 is 3.94. The van der Waals surface area contributed by atoms with Crippen molar-refractivity contribution in [3.8, 4) is 0 Å². The van der Waals surface area contributed by atoms with Crippen LogP contribution in [0.2, 0.25) is 0 Å². The summed E-state index contributed by atoms with van der Waals surface area (Å²) in [4.78, 5) is 11.9. The highest BCUT2D eigenvalue weighted by molar-refractivity contribution is 7.84. The summed E-state index contributed by atoms with van der Waals surface area (Å²) in [6.45, 7) is -0.397. The molecule has 1 heterocycles. The van der Waals surface area contributed by atoms with Crippen LogP contribution in [0.15, 0.2) is 23.1 Å². The quantitative estimate of drug-likeness (QED) is 0.569. The van der Waals surface area contributed by atoms with Crippen molar-refractivity contribution in [2.75, 3.05) is 11.4 Å². The zero-order chi connectivity index (χ0) is 14.4. The second-order valence-electron chi connectivity index (χ2n) is 3.91. The third-order valence-electron chi connectivity index (χ3n) is 2.65. The fourth-order valence-electron chi connectivity index (χ4n) is 1.77. The summed E-state index contributed by atoms with van der Waals surface area (Å²) in [6.07, 6.45) is -5.02. The highest BCUT2D eigenvalue weighted by atomic mass is 32.1. The van der Waals surface area contributed by atoms with E-state index in [1.54, 1.807) is 0 Å². The van der Waals surface area contributed by atoms with E-state index < -0.39 is 24.4 Å². The molecular weight excluding hydrogens is 284 g/mol. The van der Waals surface area contributed by atoms with Gasteiger partial charge in [0.15, 0.2) is 0 Å². The Morgan fingerprint density at radius 2 is 2.00 bits per heavy atom. The van der Waals surface area contributed by atoms with Gasteiger partial charge in [0.2, 0.25) is 0 Å². The van der Waals surface area contributed by atoms with Gasteiger partial charge in [-0.1, -0.05) is 0 Å². The molecule has 1 aliphatic heterocycles. The molecule has 1 aromatic carbocycles. The molecule has 0 fully saturated rings. The summed E-state index contributed by atoms with van der Waals surface area (Å²) in [5.74, 6) is -2.71. The third-order valence-corrected chi connectivity index (χ3v) is 3.03. The Balaban J connectivity index is 2.56. The number of amides is 1. The summed E-state index contributed by atoms with van der Waals surface area (Å²) < 4.78 is 50.6. The van der Waals surface area contributed by atoms with Crippen LogP contribution >= 0.6 is 12.6 Å². The molecule has 102 valence electrons. The largest absolute Gasteiger partial charge is 0.471 e. The number of alkyl halides is 3. The first-order chi connectivity index (χ1) is 8.71. The van der Waals surface area contributed by atoms with Crippen molar-refractivity contribution in [3.05, 3.63) is 34.5 Å². The van der Waals surface area contributed by atoms with Crippen LogP contribution in [0.25, 0.3) is 5.70 Å². The van der Waals surface area contributed by atoms with Crippen molar-refractivity contribution in [2.24, 2.45) is 5.73 Å². The van der Waals surface area contributed by atoms with Gasteiger partial charge in [-0.25, -0.2) is 4.39 Å². The lowest BCUT2D eigenvalue weighted by atomic mass is 10.0. The summed E-state index contributed by atoms with van der Waals surface area (Å²) in [5, 5.41) is 0. The van der Waals surface area contributed by atoms with Gasteiger partial charge in [-0.2, -0.15) is 13.2 Å². The average Bonchev–Trinajstić information content (AvgIpc) is 2.32. The monoisotopic (exact) mass is 292 g/mol. The van der Waals surface area contributed by atoms with E-state index >= 15 is 0 Å². The summed E-state index contributed by atoms with van der Waals surface area (Å²) in [5.41, 5.74) is 5.64. The molecular formula is C11H8F4N2OS. The smallest absolute Gasteiger partial charge is 0.397 e. The zero-order valence-electron chi connectivity index (χ0n) is 9.33. The van der Waals surface area contributed by atoms with Gasteiger partial charge >= 0.3 is 12.1 Å². The Morgan fingerprint density at radius 3 is 2.58 bits per heavy atom. The Kier molecular flexibility index (Phi) is 3.21. The topological polar surface area (TPSA) is 46.3 Å². The number of fused-ring (bicyclic) bond motifs is 1. The van der Waals surface area contributed by atoms with Crippen LogP contribution < -0.4 is 10.6 Å². The standard InChI is InChI=1S/C11H8F4N2OS/c12-5-1-2-7-6(3-5)9(16)8(19)4-17(7)10(18)11(13,14)15/h1-3,19H,4,16H2. The molecule has 1 amide bonds. The number of halogens is 4. The maximum absolute atomic E-state index is 13.1. The Morgan fingerprint density at radius 1 is 1.37 bits per heavy atom. The van der Waals surface area contributed by atoms with E-state index in [1.165, 1.54) is 0 Å². The molecule has 0 saturated carbocycles. The SMILES string of the molecule is NC1=C(S)CN(C(=O)C(F)(F)F)c2ccc(F)cc21. The Bertz CT molecular complexity index is 583. The van der Waals surface area contributed by atoms with E-state index in [2.05, 4.69) is 12.6 Å². The maximum Gasteiger partial charge on any atom is 0.471 e. The Labute approximate surface area is 111 Å². The van der Waals surface area contributed by atoms with Crippen LogP contribution in [0.1, 0.15) is 5.56 Å². The molecule has 0 saturated heterocycles. The first kappa shape index (κ1) is 13.7. The fourth-order valence-corrected chi connectivity index (χ4v) is 2.03. The van der Waals surface area contributed by atoms with Gasteiger partial charge in [0.05, 0.1) is 17.9 Å². The minimum Gasteiger partial charge on any atom is -0.397 e. The number of thiol groups is 1. The fraction of sp³-hybridized carbons (Fsp3) is 0.182. The number of carbonyl (C=O) groups is 1. The number of hydrogen-bond acceptors (Lipinski definition) is 3. The molecule has 19 heavy (non-hydrogen) atoms. The number of benzene rings is 1. The highest BCUT2D eigenvalue weighted by Crippen LogP contribution is 2.36. The number of carbonyl (C=O) groups excluding carboxylic acids is 1.